The van der Waals surface area contributed by atoms with Crippen molar-refractivity contribution in [2.24, 2.45) is 0 Å². The van der Waals surface area contributed by atoms with Crippen LogP contribution in [0.1, 0.15) is 54.6 Å². The summed E-state index contributed by atoms with van der Waals surface area (Å²) < 4.78 is 42.6. The molecule has 0 bridgehead atoms. The molecule has 2 N–H and O–H groups in total. The number of carbonyl (C=O) groups excluding carboxylic acids is 3. The summed E-state index contributed by atoms with van der Waals surface area (Å²) in [6, 6.07) is 9.06. The van der Waals surface area contributed by atoms with Gasteiger partial charge in [0.15, 0.2) is 0 Å². The number of carbonyl (C=O) groups is 3. The van der Waals surface area contributed by atoms with Gasteiger partial charge in [0.1, 0.15) is 5.82 Å². The van der Waals surface area contributed by atoms with Gasteiger partial charge in [0, 0.05) is 32.1 Å². The summed E-state index contributed by atoms with van der Waals surface area (Å²) in [7, 11) is -2.83. The molecule has 3 amide bonds. The fourth-order valence-electron chi connectivity index (χ4n) is 4.03. The zero-order chi connectivity index (χ0) is 26.8. The van der Waals surface area contributed by atoms with Crippen LogP contribution < -0.4 is 39.6 Å². The number of amides is 3. The number of hydrogen-bond donors (Lipinski definition) is 2. The van der Waals surface area contributed by atoms with E-state index in [2.05, 4.69) is 10.6 Å². The molecule has 0 radical (unpaired) electrons. The van der Waals surface area contributed by atoms with Crippen LogP contribution in [0.3, 0.4) is 0 Å². The summed E-state index contributed by atoms with van der Waals surface area (Å²) in [5.41, 5.74) is -0.379. The molecule has 0 aromatic heterocycles. The first-order valence-corrected chi connectivity index (χ1v) is 13.1. The molecule has 1 fully saturated rings. The molecule has 1 saturated heterocycles. The maximum Gasteiger partial charge on any atom is 1.00 e. The normalized spacial score (nSPS) is 14.8. The third-order valence-corrected chi connectivity index (χ3v) is 7.75. The molecule has 13 heteroatoms. The molecule has 0 saturated carbocycles. The number of benzene rings is 2. The molecular formula is C24H27ClFN4NaO5S. The maximum atomic E-state index is 14.3. The Bertz CT molecular complexity index is 1320. The summed E-state index contributed by atoms with van der Waals surface area (Å²) in [6.07, 6.45) is -0.0347. The molecule has 9 nitrogen and oxygen atoms in total. The van der Waals surface area contributed by atoms with Gasteiger partial charge in [-0.15, -0.1) is 5.69 Å². The van der Waals surface area contributed by atoms with E-state index in [4.69, 9.17) is 11.6 Å². The molecule has 2 aromatic rings. The second-order valence-electron chi connectivity index (χ2n) is 8.76. The van der Waals surface area contributed by atoms with E-state index in [0.717, 1.165) is 22.0 Å². The van der Waals surface area contributed by atoms with Crippen molar-refractivity contribution in [3.05, 3.63) is 69.2 Å². The third kappa shape index (κ3) is 6.35. The number of hydrogen-bond acceptors (Lipinski definition) is 5. The van der Waals surface area contributed by atoms with Gasteiger partial charge >= 0.3 is 39.8 Å². The van der Waals surface area contributed by atoms with Crippen LogP contribution in [-0.4, -0.2) is 50.6 Å². The van der Waals surface area contributed by atoms with Crippen LogP contribution >= 0.6 is 11.6 Å². The average Bonchev–Trinajstić information content (AvgIpc) is 2.79. The molecule has 37 heavy (non-hydrogen) atoms. The van der Waals surface area contributed by atoms with Crippen LogP contribution in [-0.2, 0) is 25.2 Å². The van der Waals surface area contributed by atoms with Gasteiger partial charge in [0.25, 0.3) is 0 Å². The Labute approximate surface area is 243 Å². The van der Waals surface area contributed by atoms with E-state index >= 15 is 0 Å². The molecule has 0 aliphatic carbocycles. The number of rotatable bonds is 8. The Morgan fingerprint density at radius 1 is 1.19 bits per heavy atom. The first-order valence-electron chi connectivity index (χ1n) is 11.2. The Hall–Kier alpha value is -2.02. The second-order valence-corrected chi connectivity index (χ2v) is 10.8. The molecule has 3 rings (SSSR count). The zero-order valence-corrected chi connectivity index (χ0v) is 24.8. The van der Waals surface area contributed by atoms with Crippen molar-refractivity contribution in [3.8, 4) is 0 Å². The van der Waals surface area contributed by atoms with Gasteiger partial charge in [-0.05, 0) is 29.2 Å². The fourth-order valence-corrected chi connectivity index (χ4v) is 5.53. The Balaban J connectivity index is 0.00000481. The van der Waals surface area contributed by atoms with E-state index < -0.39 is 39.2 Å². The van der Waals surface area contributed by atoms with E-state index in [9.17, 15) is 27.2 Å². The predicted molar refractivity (Wildman–Crippen MR) is 134 cm³/mol. The van der Waals surface area contributed by atoms with Gasteiger partial charge in [0.2, 0.25) is 11.8 Å². The van der Waals surface area contributed by atoms with E-state index in [1.807, 2.05) is 24.6 Å². The van der Waals surface area contributed by atoms with Crippen molar-refractivity contribution in [3.63, 3.8) is 0 Å². The van der Waals surface area contributed by atoms with Crippen LogP contribution in [0.25, 0.3) is 5.32 Å². The molecule has 1 aliphatic heterocycles. The largest absolute Gasteiger partial charge is 1.00 e. The van der Waals surface area contributed by atoms with Crippen molar-refractivity contribution in [1.29, 1.82) is 0 Å². The summed E-state index contributed by atoms with van der Waals surface area (Å²) in [4.78, 5) is 37.8. The second kappa shape index (κ2) is 12.2. The number of halogens is 2. The van der Waals surface area contributed by atoms with E-state index in [-0.39, 0.29) is 71.3 Å². The molecule has 1 heterocycles. The molecule has 1 aliphatic rings. The number of nitrogens with one attached hydrogen (secondary N) is 2. The standard InChI is InChI=1S/C24H28ClFN4O5S.Na/c1-5-21(31)29-36(34,35)30-12-24(13-30,17-9-7-6-8-15(17)14(2)3)23(33)28-20-11-19(26)18(25)10-16(20)22(32)27-4;/h6-11,14H,5,12-13H2,1-4H3,(H3,27,28,29,31,32,33);/q;+1/p-1. The van der Waals surface area contributed by atoms with E-state index in [1.54, 1.807) is 18.2 Å². The smallest absolute Gasteiger partial charge is 0.625 e. The summed E-state index contributed by atoms with van der Waals surface area (Å²) in [5, 5.41) is 6.17. The van der Waals surface area contributed by atoms with Crippen LogP contribution in [0.4, 0.5) is 10.1 Å². The predicted octanol–water partition coefficient (Wildman–Crippen LogP) is 0.523. The van der Waals surface area contributed by atoms with Gasteiger partial charge in [0.05, 0.1) is 16.3 Å². The van der Waals surface area contributed by atoms with Gasteiger partial charge in [-0.25, -0.2) is 9.11 Å². The molecule has 194 valence electrons. The van der Waals surface area contributed by atoms with Crippen molar-refractivity contribution >= 4 is 45.2 Å². The van der Waals surface area contributed by atoms with Crippen molar-refractivity contribution in [2.75, 3.05) is 20.1 Å². The van der Waals surface area contributed by atoms with Gasteiger partial charge in [-0.2, -0.15) is 12.7 Å². The summed E-state index contributed by atoms with van der Waals surface area (Å²) in [5.74, 6) is -2.94. The first-order chi connectivity index (χ1) is 16.9. The van der Waals surface area contributed by atoms with Crippen molar-refractivity contribution in [1.82, 2.24) is 14.3 Å². The number of nitrogens with zero attached hydrogens (tertiary/aromatic N) is 2. The molecule has 2 aromatic carbocycles. The van der Waals surface area contributed by atoms with Gasteiger partial charge in [-0.1, -0.05) is 56.6 Å². The zero-order valence-electron chi connectivity index (χ0n) is 21.3. The topological polar surface area (TPSA) is 127 Å². The van der Waals surface area contributed by atoms with Crippen molar-refractivity contribution < 1.29 is 56.7 Å². The van der Waals surface area contributed by atoms with Gasteiger partial charge < -0.3 is 15.4 Å². The molecule has 0 unspecified atom stereocenters. The third-order valence-electron chi connectivity index (χ3n) is 6.04. The minimum atomic E-state index is -4.19. The minimum absolute atomic E-state index is 0. The van der Waals surface area contributed by atoms with E-state index in [1.165, 1.54) is 14.0 Å². The van der Waals surface area contributed by atoms with Gasteiger partial charge in [-0.3, -0.25) is 9.59 Å². The summed E-state index contributed by atoms with van der Waals surface area (Å²) >= 11 is 5.84. The fraction of sp³-hybridized carbons (Fsp3) is 0.375. The molecule has 0 spiro atoms. The monoisotopic (exact) mass is 560 g/mol. The SMILES string of the molecule is CCC(=O)NS(=O)(=O)N1CC(C(=O)[N-]c2cc(F)c(Cl)cc2C(=O)NC)(c2ccccc2C(C)C)C1.[Na+]. The minimum Gasteiger partial charge on any atom is -0.625 e. The first kappa shape index (κ1) is 31.2. The van der Waals surface area contributed by atoms with E-state index in [0.29, 0.717) is 5.56 Å². The molecular weight excluding hydrogens is 534 g/mol. The van der Waals surface area contributed by atoms with Crippen LogP contribution in [0, 0.1) is 5.82 Å². The van der Waals surface area contributed by atoms with Crippen LogP contribution in [0.5, 0.6) is 0 Å². The van der Waals surface area contributed by atoms with Crippen molar-refractivity contribution in [2.45, 2.75) is 38.5 Å². The van der Waals surface area contributed by atoms with Crippen LogP contribution in [0.15, 0.2) is 36.4 Å². The Kier molecular flexibility index (Phi) is 10.3. The average molecular weight is 561 g/mol. The molecule has 0 atom stereocenters. The Morgan fingerprint density at radius 2 is 1.81 bits per heavy atom. The van der Waals surface area contributed by atoms with Crippen LogP contribution in [0.2, 0.25) is 5.02 Å². The summed E-state index contributed by atoms with van der Waals surface area (Å²) in [6.45, 7) is 4.79. The maximum absolute atomic E-state index is 14.3. The quantitative estimate of drug-likeness (QED) is 0.455. The Morgan fingerprint density at radius 3 is 2.38 bits per heavy atom.